The lowest BCUT2D eigenvalue weighted by Gasteiger charge is -2.31. The van der Waals surface area contributed by atoms with E-state index in [1.54, 1.807) is 0 Å². The lowest BCUT2D eigenvalue weighted by Crippen LogP contribution is -2.56. The molecule has 2 N–H and O–H groups in total. The SMILES string of the molecule is O=C(NC1CCC(NC(=O)C(F)(F)C(F)(F)F)CC1)C(F)(F)C(F)(F)F. The summed E-state index contributed by atoms with van der Waals surface area (Å²) in [5.74, 6) is -16.5. The zero-order chi connectivity index (χ0) is 20.6. The fourth-order valence-electron chi connectivity index (χ4n) is 2.19. The van der Waals surface area contributed by atoms with Crippen LogP contribution >= 0.6 is 0 Å². The summed E-state index contributed by atoms with van der Waals surface area (Å²) in [4.78, 5) is 22.0. The van der Waals surface area contributed by atoms with Gasteiger partial charge in [0.1, 0.15) is 0 Å². The molecule has 2 amide bonds. The highest BCUT2D eigenvalue weighted by atomic mass is 19.4. The summed E-state index contributed by atoms with van der Waals surface area (Å²) < 4.78 is 123. The largest absolute Gasteiger partial charge is 0.463 e. The number of carbonyl (C=O) groups is 2. The van der Waals surface area contributed by atoms with E-state index in [9.17, 15) is 53.5 Å². The van der Waals surface area contributed by atoms with E-state index in [4.69, 9.17) is 0 Å². The molecular formula is C12H12F10N2O2. The van der Waals surface area contributed by atoms with Gasteiger partial charge in [-0.15, -0.1) is 0 Å². The van der Waals surface area contributed by atoms with Crippen molar-refractivity contribution >= 4 is 11.8 Å². The van der Waals surface area contributed by atoms with E-state index < -0.39 is 48.1 Å². The normalized spacial score (nSPS) is 22.7. The van der Waals surface area contributed by atoms with Crippen LogP contribution in [0.4, 0.5) is 43.9 Å². The van der Waals surface area contributed by atoms with Gasteiger partial charge in [0.25, 0.3) is 0 Å². The maximum absolute atomic E-state index is 12.8. The van der Waals surface area contributed by atoms with Crippen molar-refractivity contribution in [3.8, 4) is 0 Å². The molecule has 1 fully saturated rings. The van der Waals surface area contributed by atoms with Crippen molar-refractivity contribution in [1.29, 1.82) is 0 Å². The van der Waals surface area contributed by atoms with Gasteiger partial charge in [-0.05, 0) is 25.7 Å². The molecule has 0 spiro atoms. The zero-order valence-electron chi connectivity index (χ0n) is 12.6. The van der Waals surface area contributed by atoms with Gasteiger partial charge in [-0.2, -0.15) is 43.9 Å². The van der Waals surface area contributed by atoms with Crippen LogP contribution in [-0.2, 0) is 9.59 Å². The van der Waals surface area contributed by atoms with E-state index in [0.717, 1.165) is 0 Å². The first-order valence-electron chi connectivity index (χ1n) is 7.01. The molecule has 1 aliphatic rings. The van der Waals surface area contributed by atoms with Crippen molar-refractivity contribution in [3.05, 3.63) is 0 Å². The van der Waals surface area contributed by atoms with Crippen LogP contribution in [0, 0.1) is 0 Å². The average Bonchev–Trinajstić information content (AvgIpc) is 2.46. The molecule has 0 atom stereocenters. The summed E-state index contributed by atoms with van der Waals surface area (Å²) >= 11 is 0. The van der Waals surface area contributed by atoms with Crippen LogP contribution in [0.3, 0.4) is 0 Å². The number of hydrogen-bond acceptors (Lipinski definition) is 2. The van der Waals surface area contributed by atoms with Gasteiger partial charge in [0, 0.05) is 12.1 Å². The van der Waals surface area contributed by atoms with Crippen molar-refractivity contribution in [2.75, 3.05) is 0 Å². The molecule has 1 saturated carbocycles. The predicted molar refractivity (Wildman–Crippen MR) is 64.3 cm³/mol. The summed E-state index contributed by atoms with van der Waals surface area (Å²) in [6.45, 7) is 0. The molecule has 0 radical (unpaired) electrons. The van der Waals surface area contributed by atoms with Crippen LogP contribution in [0.5, 0.6) is 0 Å². The third-order valence-electron chi connectivity index (χ3n) is 3.68. The highest BCUT2D eigenvalue weighted by Crippen LogP contribution is 2.37. The number of alkyl halides is 10. The van der Waals surface area contributed by atoms with Crippen LogP contribution in [0.25, 0.3) is 0 Å². The van der Waals surface area contributed by atoms with E-state index in [1.807, 2.05) is 0 Å². The maximum Gasteiger partial charge on any atom is 0.463 e. The number of hydrogen-bond donors (Lipinski definition) is 2. The van der Waals surface area contributed by atoms with E-state index in [0.29, 0.717) is 0 Å². The molecule has 26 heavy (non-hydrogen) atoms. The molecule has 152 valence electrons. The molecule has 0 aromatic heterocycles. The Labute approximate surface area is 139 Å². The standard InChI is InChI=1S/C12H12F10N2O2/c13-9(14,11(17,18)19)7(25)23-5-1-2-6(4-3-5)24-8(26)10(15,16)12(20,21)22/h5-6H,1-4H2,(H,23,25)(H,24,26). The molecule has 1 rings (SSSR count). The lowest BCUT2D eigenvalue weighted by atomic mass is 9.90. The Morgan fingerprint density at radius 2 is 0.808 bits per heavy atom. The molecule has 0 aromatic rings. The minimum absolute atomic E-state index is 0.303. The van der Waals surface area contributed by atoms with Gasteiger partial charge in [-0.1, -0.05) is 0 Å². The highest BCUT2D eigenvalue weighted by molar-refractivity contribution is 5.85. The number of amides is 2. The van der Waals surface area contributed by atoms with E-state index in [2.05, 4.69) is 0 Å². The summed E-state index contributed by atoms with van der Waals surface area (Å²) in [5.41, 5.74) is 0. The highest BCUT2D eigenvalue weighted by Gasteiger charge is 2.64. The van der Waals surface area contributed by atoms with Crippen LogP contribution in [-0.4, -0.2) is 48.1 Å². The molecule has 0 unspecified atom stereocenters. The summed E-state index contributed by atoms with van der Waals surface area (Å²) in [6.07, 6.45) is -13.4. The fourth-order valence-corrected chi connectivity index (χ4v) is 2.19. The molecule has 0 saturated heterocycles. The summed E-state index contributed by atoms with van der Waals surface area (Å²) in [7, 11) is 0. The first-order valence-corrected chi connectivity index (χ1v) is 7.01. The quantitative estimate of drug-likeness (QED) is 0.706. The first-order chi connectivity index (χ1) is 11.5. The van der Waals surface area contributed by atoms with E-state index in [1.165, 1.54) is 10.6 Å². The molecule has 0 aromatic carbocycles. The van der Waals surface area contributed by atoms with Crippen molar-refractivity contribution in [2.24, 2.45) is 0 Å². The van der Waals surface area contributed by atoms with Gasteiger partial charge in [0.15, 0.2) is 0 Å². The topological polar surface area (TPSA) is 58.2 Å². The van der Waals surface area contributed by atoms with E-state index in [-0.39, 0.29) is 25.7 Å². The molecule has 14 heteroatoms. The molecule has 1 aliphatic carbocycles. The van der Waals surface area contributed by atoms with Gasteiger partial charge in [-0.25, -0.2) is 0 Å². The Balaban J connectivity index is 2.56. The van der Waals surface area contributed by atoms with Crippen molar-refractivity contribution in [2.45, 2.75) is 62.0 Å². The Morgan fingerprint density at radius 3 is 1.00 bits per heavy atom. The van der Waals surface area contributed by atoms with Crippen molar-refractivity contribution in [1.82, 2.24) is 10.6 Å². The average molecular weight is 406 g/mol. The molecule has 0 bridgehead atoms. The Hall–Kier alpha value is -1.76. The van der Waals surface area contributed by atoms with Gasteiger partial charge in [0.2, 0.25) is 0 Å². The van der Waals surface area contributed by atoms with Crippen molar-refractivity contribution < 1.29 is 53.5 Å². The minimum Gasteiger partial charge on any atom is -0.348 e. The van der Waals surface area contributed by atoms with Crippen LogP contribution < -0.4 is 10.6 Å². The number of nitrogens with one attached hydrogen (secondary N) is 2. The second-order valence-corrected chi connectivity index (χ2v) is 5.64. The molecule has 0 aliphatic heterocycles. The number of rotatable bonds is 4. The van der Waals surface area contributed by atoms with Gasteiger partial charge in [0.05, 0.1) is 0 Å². The maximum atomic E-state index is 12.8. The second-order valence-electron chi connectivity index (χ2n) is 5.64. The number of halogens is 10. The monoisotopic (exact) mass is 406 g/mol. The minimum atomic E-state index is -6.11. The van der Waals surface area contributed by atoms with Gasteiger partial charge < -0.3 is 10.6 Å². The third-order valence-corrected chi connectivity index (χ3v) is 3.68. The number of carbonyl (C=O) groups excluding carboxylic acids is 2. The molecule has 4 nitrogen and oxygen atoms in total. The Morgan fingerprint density at radius 1 is 0.577 bits per heavy atom. The van der Waals surface area contributed by atoms with Crippen LogP contribution in [0.15, 0.2) is 0 Å². The van der Waals surface area contributed by atoms with Gasteiger partial charge in [-0.3, -0.25) is 9.59 Å². The molecular weight excluding hydrogens is 394 g/mol. The second kappa shape index (κ2) is 7.10. The first kappa shape index (κ1) is 22.3. The summed E-state index contributed by atoms with van der Waals surface area (Å²) in [5, 5.41) is 2.89. The van der Waals surface area contributed by atoms with Crippen LogP contribution in [0.2, 0.25) is 0 Å². The zero-order valence-corrected chi connectivity index (χ0v) is 12.6. The summed E-state index contributed by atoms with van der Waals surface area (Å²) in [6, 6.07) is -2.35. The van der Waals surface area contributed by atoms with E-state index >= 15 is 0 Å². The lowest BCUT2D eigenvalue weighted by molar-refractivity contribution is -0.270. The van der Waals surface area contributed by atoms with Crippen LogP contribution in [0.1, 0.15) is 25.7 Å². The third kappa shape index (κ3) is 4.69. The smallest absolute Gasteiger partial charge is 0.348 e. The Bertz CT molecular complexity index is 487. The van der Waals surface area contributed by atoms with Crippen molar-refractivity contribution in [3.63, 3.8) is 0 Å². The predicted octanol–water partition coefficient (Wildman–Crippen LogP) is 2.93. The fraction of sp³-hybridized carbons (Fsp3) is 0.833. The molecule has 0 heterocycles. The van der Waals surface area contributed by atoms with Gasteiger partial charge >= 0.3 is 36.0 Å². The Kier molecular flexibility index (Phi) is 6.08.